The first-order valence-electron chi connectivity index (χ1n) is 12.3. The molecule has 3 aromatic rings. The maximum Gasteiger partial charge on any atom is 0.327 e. The first kappa shape index (κ1) is 26.4. The lowest BCUT2D eigenvalue weighted by Crippen LogP contribution is -2.31. The molecule has 1 unspecified atom stereocenters. The molecular formula is C24H29N6O7P. The highest BCUT2D eigenvalue weighted by molar-refractivity contribution is 7.52. The first-order chi connectivity index (χ1) is 18.4. The molecule has 2 aromatic heterocycles. The van der Waals surface area contributed by atoms with Gasteiger partial charge in [-0.05, 0) is 18.6 Å². The lowest BCUT2D eigenvalue weighted by molar-refractivity contribution is -0.131. The summed E-state index contributed by atoms with van der Waals surface area (Å²) in [6.45, 7) is 3.67. The van der Waals surface area contributed by atoms with Crippen LogP contribution < -0.4 is 10.6 Å². The lowest BCUT2D eigenvalue weighted by atomic mass is 10.1. The van der Waals surface area contributed by atoms with Crippen LogP contribution in [0, 0.1) is 0 Å². The molecule has 0 saturated carbocycles. The Hall–Kier alpha value is -3.19. The van der Waals surface area contributed by atoms with Gasteiger partial charge in [-0.1, -0.05) is 43.3 Å². The van der Waals surface area contributed by atoms with Crippen LogP contribution in [0.25, 0.3) is 17.2 Å². The van der Waals surface area contributed by atoms with Crippen molar-refractivity contribution in [1.29, 1.82) is 0 Å². The summed E-state index contributed by atoms with van der Waals surface area (Å²) in [7, 11) is -3.75. The lowest BCUT2D eigenvalue weighted by Gasteiger charge is -2.21. The Labute approximate surface area is 218 Å². The molecule has 6 atom stereocenters. The fourth-order valence-electron chi connectivity index (χ4n) is 4.28. The van der Waals surface area contributed by atoms with Gasteiger partial charge in [-0.3, -0.25) is 14.4 Å². The van der Waals surface area contributed by atoms with Gasteiger partial charge in [0.1, 0.15) is 24.6 Å². The van der Waals surface area contributed by atoms with Gasteiger partial charge in [-0.15, -0.1) is 0 Å². The summed E-state index contributed by atoms with van der Waals surface area (Å²) >= 11 is 0. The second-order valence-electron chi connectivity index (χ2n) is 8.68. The minimum Gasteiger partial charge on any atom is -0.347 e. The summed E-state index contributed by atoms with van der Waals surface area (Å²) in [4.78, 5) is 34.9. The van der Waals surface area contributed by atoms with Gasteiger partial charge in [-0.25, -0.2) is 19.7 Å². The third-order valence-electron chi connectivity index (χ3n) is 6.16. The Bertz CT molecular complexity index is 1350. The number of urea groups is 1. The molecule has 13 nitrogen and oxygen atoms in total. The highest BCUT2D eigenvalue weighted by atomic mass is 31.2. The maximum absolute atomic E-state index is 12.1. The molecule has 0 aliphatic carbocycles. The van der Waals surface area contributed by atoms with Crippen molar-refractivity contribution in [2.24, 2.45) is 0 Å². The molecule has 0 spiro atoms. The van der Waals surface area contributed by atoms with E-state index in [9.17, 15) is 14.3 Å². The van der Waals surface area contributed by atoms with Crippen LogP contribution in [0.1, 0.15) is 25.6 Å². The minimum absolute atomic E-state index is 0.0263. The van der Waals surface area contributed by atoms with Crippen LogP contribution in [0.3, 0.4) is 0 Å². The van der Waals surface area contributed by atoms with Crippen molar-refractivity contribution >= 4 is 36.7 Å². The second-order valence-corrected chi connectivity index (χ2v) is 10.9. The Morgan fingerprint density at radius 3 is 2.71 bits per heavy atom. The van der Waals surface area contributed by atoms with Crippen LogP contribution in [-0.4, -0.2) is 74.4 Å². The molecule has 5 rings (SSSR count). The molecule has 2 saturated heterocycles. The third-order valence-corrected chi connectivity index (χ3v) is 7.51. The van der Waals surface area contributed by atoms with E-state index in [2.05, 4.69) is 25.6 Å². The van der Waals surface area contributed by atoms with E-state index in [1.807, 2.05) is 36.4 Å². The standard InChI is InChI=1S/C24H29N6O7P/c1-3-25-24(31)29-21-18-22(27-13-26-21)30(14-28-18)23-20-19(16(35-23)12-34-38(32,33)4-2)36-17(37-20)11-10-15-8-6-5-7-9-15/h5-11,13-14,16-17,19-20,23H,3-4,12H2,1-2H3,(H,32,33)(H2,25,26,27,29,31)/b11-10+/t16-,17+,19+,20+,23-/m1/s1. The molecule has 0 bridgehead atoms. The number of hydrogen-bond donors (Lipinski definition) is 3. The van der Waals surface area contributed by atoms with Crippen LogP contribution >= 0.6 is 7.60 Å². The smallest absolute Gasteiger partial charge is 0.327 e. The largest absolute Gasteiger partial charge is 0.347 e. The van der Waals surface area contributed by atoms with E-state index in [4.69, 9.17) is 18.7 Å². The number of hydrogen-bond acceptors (Lipinski definition) is 9. The first-order valence-corrected chi connectivity index (χ1v) is 14.0. The molecule has 14 heteroatoms. The Kier molecular flexibility index (Phi) is 7.84. The number of carbonyl (C=O) groups excluding carboxylic acids is 1. The van der Waals surface area contributed by atoms with E-state index in [0.717, 1.165) is 5.56 Å². The maximum atomic E-state index is 12.1. The number of ether oxygens (including phenoxy) is 3. The van der Waals surface area contributed by atoms with Crippen molar-refractivity contribution in [2.45, 2.75) is 44.7 Å². The van der Waals surface area contributed by atoms with Gasteiger partial charge in [0, 0.05) is 12.7 Å². The highest BCUT2D eigenvalue weighted by Gasteiger charge is 2.53. The number of carbonyl (C=O) groups is 1. The molecule has 202 valence electrons. The predicted molar refractivity (Wildman–Crippen MR) is 137 cm³/mol. The number of benzene rings is 1. The molecule has 38 heavy (non-hydrogen) atoms. The SMILES string of the molecule is CCNC(=O)Nc1ncnc2c1ncn2[C@@H]1O[C@H](COP(=O)(O)CC)[C@@H]2O[C@H](/C=C/c3ccccc3)O[C@@H]21. The van der Waals surface area contributed by atoms with Crippen molar-refractivity contribution in [3.8, 4) is 0 Å². The number of nitrogens with zero attached hydrogens (tertiary/aromatic N) is 4. The quantitative estimate of drug-likeness (QED) is 0.342. The number of imidazole rings is 1. The van der Waals surface area contributed by atoms with Gasteiger partial charge >= 0.3 is 13.6 Å². The van der Waals surface area contributed by atoms with Gasteiger partial charge in [0.05, 0.1) is 12.9 Å². The number of nitrogens with one attached hydrogen (secondary N) is 2. The van der Waals surface area contributed by atoms with E-state index < -0.39 is 44.5 Å². The molecule has 2 aliphatic heterocycles. The topological polar surface area (TPSA) is 159 Å². The van der Waals surface area contributed by atoms with E-state index >= 15 is 0 Å². The summed E-state index contributed by atoms with van der Waals surface area (Å²) in [6.07, 6.45) is 3.21. The number of anilines is 1. The Morgan fingerprint density at radius 1 is 1.16 bits per heavy atom. The number of rotatable bonds is 9. The van der Waals surface area contributed by atoms with Crippen molar-refractivity contribution < 1.29 is 33.0 Å². The summed E-state index contributed by atoms with van der Waals surface area (Å²) in [5.41, 5.74) is 1.76. The third kappa shape index (κ3) is 5.63. The number of aromatic nitrogens is 4. The monoisotopic (exact) mass is 544 g/mol. The minimum atomic E-state index is -3.75. The van der Waals surface area contributed by atoms with E-state index in [1.165, 1.54) is 12.7 Å². The molecule has 4 heterocycles. The van der Waals surface area contributed by atoms with Gasteiger partial charge in [0.15, 0.2) is 29.5 Å². The van der Waals surface area contributed by atoms with Gasteiger partial charge in [0.25, 0.3) is 0 Å². The van der Waals surface area contributed by atoms with E-state index in [1.54, 1.807) is 24.5 Å². The van der Waals surface area contributed by atoms with E-state index in [0.29, 0.717) is 17.7 Å². The summed E-state index contributed by atoms with van der Waals surface area (Å²) in [5.74, 6) is 0.241. The van der Waals surface area contributed by atoms with Crippen LogP contribution in [-0.2, 0) is 23.3 Å². The van der Waals surface area contributed by atoms with Crippen LogP contribution in [0.2, 0.25) is 0 Å². The molecular weight excluding hydrogens is 515 g/mol. The molecule has 2 amide bonds. The highest BCUT2D eigenvalue weighted by Crippen LogP contribution is 2.45. The van der Waals surface area contributed by atoms with E-state index in [-0.39, 0.29) is 18.6 Å². The van der Waals surface area contributed by atoms with Gasteiger partial charge in [0.2, 0.25) is 0 Å². The van der Waals surface area contributed by atoms with Gasteiger partial charge in [-0.2, -0.15) is 0 Å². The van der Waals surface area contributed by atoms with Crippen molar-refractivity contribution in [1.82, 2.24) is 24.8 Å². The fourth-order valence-corrected chi connectivity index (χ4v) is 4.85. The Balaban J connectivity index is 1.41. The molecule has 2 fully saturated rings. The van der Waals surface area contributed by atoms with Crippen LogP contribution in [0.5, 0.6) is 0 Å². The summed E-state index contributed by atoms with van der Waals surface area (Å²) in [6, 6.07) is 9.31. The van der Waals surface area contributed by atoms with Crippen molar-refractivity contribution in [2.75, 3.05) is 24.6 Å². The fraction of sp³-hybridized carbons (Fsp3) is 0.417. The molecule has 2 aliphatic rings. The number of fused-ring (bicyclic) bond motifs is 2. The van der Waals surface area contributed by atoms with Crippen molar-refractivity contribution in [3.63, 3.8) is 0 Å². The molecule has 0 radical (unpaired) electrons. The van der Waals surface area contributed by atoms with Gasteiger partial charge < -0.3 is 28.9 Å². The second kappa shape index (κ2) is 11.3. The Morgan fingerprint density at radius 2 is 1.95 bits per heavy atom. The molecule has 3 N–H and O–H groups in total. The van der Waals surface area contributed by atoms with Crippen LogP contribution in [0.15, 0.2) is 49.1 Å². The van der Waals surface area contributed by atoms with Crippen molar-refractivity contribution in [3.05, 3.63) is 54.6 Å². The summed E-state index contributed by atoms with van der Waals surface area (Å²) in [5, 5.41) is 5.31. The molecule has 1 aromatic carbocycles. The zero-order chi connectivity index (χ0) is 26.7. The number of amides is 2. The summed E-state index contributed by atoms with van der Waals surface area (Å²) < 4.78 is 37.7. The average Bonchev–Trinajstić information content (AvgIpc) is 3.61. The van der Waals surface area contributed by atoms with Crippen LogP contribution in [0.4, 0.5) is 10.6 Å². The average molecular weight is 545 g/mol. The zero-order valence-electron chi connectivity index (χ0n) is 20.8. The predicted octanol–water partition coefficient (Wildman–Crippen LogP) is 2.91. The normalized spacial score (nSPS) is 26.4. The zero-order valence-corrected chi connectivity index (χ0v) is 21.7.